The summed E-state index contributed by atoms with van der Waals surface area (Å²) in [6, 6.07) is 8.65. The van der Waals surface area contributed by atoms with E-state index in [0.29, 0.717) is 12.0 Å². The number of hydrogen-bond acceptors (Lipinski definition) is 2. The lowest BCUT2D eigenvalue weighted by Crippen LogP contribution is -2.26. The van der Waals surface area contributed by atoms with E-state index in [0.717, 1.165) is 11.7 Å². The summed E-state index contributed by atoms with van der Waals surface area (Å²) in [4.78, 5) is 0. The normalized spacial score (nSPS) is 28.1. The molecule has 1 atom stereocenters. The molecule has 2 N–H and O–H groups in total. The van der Waals surface area contributed by atoms with Crippen LogP contribution in [0.1, 0.15) is 63.5 Å². The number of nitrogens with two attached hydrogens (primary N) is 1. The fourth-order valence-electron chi connectivity index (χ4n) is 3.40. The Morgan fingerprint density at radius 3 is 2.55 bits per heavy atom. The highest BCUT2D eigenvalue weighted by Gasteiger charge is 2.27. The van der Waals surface area contributed by atoms with Crippen LogP contribution in [-0.2, 0) is 0 Å². The second-order valence-electron chi connectivity index (χ2n) is 6.60. The molecule has 20 heavy (non-hydrogen) atoms. The van der Waals surface area contributed by atoms with E-state index in [4.69, 9.17) is 10.5 Å². The maximum atomic E-state index is 6.52. The van der Waals surface area contributed by atoms with Gasteiger partial charge in [-0.15, -0.1) is 0 Å². The predicted octanol–water partition coefficient (Wildman–Crippen LogP) is 4.44. The fourth-order valence-corrected chi connectivity index (χ4v) is 3.40. The lowest BCUT2D eigenvalue weighted by molar-refractivity contribution is 0.239. The van der Waals surface area contributed by atoms with Crippen LogP contribution in [0.5, 0.6) is 5.75 Å². The Kier molecular flexibility index (Phi) is 4.30. The first kappa shape index (κ1) is 13.9. The maximum absolute atomic E-state index is 6.52. The van der Waals surface area contributed by atoms with Gasteiger partial charge in [0.15, 0.2) is 0 Å². The topological polar surface area (TPSA) is 35.2 Å². The SMILES string of the molecule is CCC1CCC(C(N)c2cccc(OC3CC3)c2)CC1. The number of rotatable bonds is 5. The molecule has 1 aromatic rings. The van der Waals surface area contributed by atoms with Gasteiger partial charge in [-0.1, -0.05) is 38.3 Å². The standard InChI is InChI=1S/C18H27NO/c1-2-13-6-8-14(9-7-13)18(19)15-4-3-5-17(12-15)20-16-10-11-16/h3-5,12-14,16,18H,2,6-11,19H2,1H3. The molecule has 110 valence electrons. The molecule has 2 saturated carbocycles. The molecule has 0 aliphatic heterocycles. The Hall–Kier alpha value is -1.02. The molecule has 0 amide bonds. The molecule has 3 rings (SSSR count). The molecular weight excluding hydrogens is 246 g/mol. The Bertz CT molecular complexity index is 433. The van der Waals surface area contributed by atoms with Crippen molar-refractivity contribution in [2.24, 2.45) is 17.6 Å². The van der Waals surface area contributed by atoms with E-state index >= 15 is 0 Å². The summed E-state index contributed by atoms with van der Waals surface area (Å²) in [5.74, 6) is 2.58. The molecule has 2 nitrogen and oxygen atoms in total. The summed E-state index contributed by atoms with van der Waals surface area (Å²) < 4.78 is 5.88. The third-order valence-electron chi connectivity index (χ3n) is 5.05. The lowest BCUT2D eigenvalue weighted by atomic mass is 9.76. The van der Waals surface area contributed by atoms with Gasteiger partial charge < -0.3 is 10.5 Å². The Morgan fingerprint density at radius 1 is 1.15 bits per heavy atom. The fraction of sp³-hybridized carbons (Fsp3) is 0.667. The highest BCUT2D eigenvalue weighted by atomic mass is 16.5. The predicted molar refractivity (Wildman–Crippen MR) is 82.8 cm³/mol. The van der Waals surface area contributed by atoms with Crippen molar-refractivity contribution in [2.75, 3.05) is 0 Å². The third kappa shape index (κ3) is 3.35. The summed E-state index contributed by atoms with van der Waals surface area (Å²) in [5.41, 5.74) is 7.77. The Morgan fingerprint density at radius 2 is 1.90 bits per heavy atom. The average Bonchev–Trinajstić information content (AvgIpc) is 3.31. The minimum atomic E-state index is 0.176. The molecule has 2 aliphatic carbocycles. The molecular formula is C18H27NO. The smallest absolute Gasteiger partial charge is 0.120 e. The molecule has 0 heterocycles. The monoisotopic (exact) mass is 273 g/mol. The van der Waals surface area contributed by atoms with Crippen LogP contribution in [-0.4, -0.2) is 6.10 Å². The van der Waals surface area contributed by atoms with Crippen LogP contribution in [0.25, 0.3) is 0 Å². The van der Waals surface area contributed by atoms with Gasteiger partial charge in [0.25, 0.3) is 0 Å². The van der Waals surface area contributed by atoms with Gasteiger partial charge in [-0.3, -0.25) is 0 Å². The quantitative estimate of drug-likeness (QED) is 0.860. The van der Waals surface area contributed by atoms with E-state index in [2.05, 4.69) is 31.2 Å². The van der Waals surface area contributed by atoms with Gasteiger partial charge in [0, 0.05) is 6.04 Å². The van der Waals surface area contributed by atoms with E-state index in [1.807, 2.05) is 0 Å². The van der Waals surface area contributed by atoms with Gasteiger partial charge in [0.05, 0.1) is 6.10 Å². The van der Waals surface area contributed by atoms with Crippen molar-refractivity contribution in [1.82, 2.24) is 0 Å². The molecule has 0 radical (unpaired) electrons. The van der Waals surface area contributed by atoms with Crippen LogP contribution < -0.4 is 10.5 Å². The van der Waals surface area contributed by atoms with Gasteiger partial charge in [0.2, 0.25) is 0 Å². The minimum Gasteiger partial charge on any atom is -0.490 e. The van der Waals surface area contributed by atoms with Crippen LogP contribution in [0, 0.1) is 11.8 Å². The van der Waals surface area contributed by atoms with Gasteiger partial charge in [-0.25, -0.2) is 0 Å². The van der Waals surface area contributed by atoms with Crippen LogP contribution >= 0.6 is 0 Å². The van der Waals surface area contributed by atoms with Gasteiger partial charge in [0.1, 0.15) is 5.75 Å². The summed E-state index contributed by atoms with van der Waals surface area (Å²) in [5, 5.41) is 0. The van der Waals surface area contributed by atoms with Crippen molar-refractivity contribution in [3.63, 3.8) is 0 Å². The Balaban J connectivity index is 1.62. The van der Waals surface area contributed by atoms with Crippen molar-refractivity contribution in [3.8, 4) is 5.75 Å². The summed E-state index contributed by atoms with van der Waals surface area (Å²) in [6.45, 7) is 2.31. The van der Waals surface area contributed by atoms with Gasteiger partial charge >= 0.3 is 0 Å². The maximum Gasteiger partial charge on any atom is 0.120 e. The molecule has 0 aromatic heterocycles. The highest BCUT2D eigenvalue weighted by Crippen LogP contribution is 2.37. The van der Waals surface area contributed by atoms with E-state index in [9.17, 15) is 0 Å². The molecule has 2 heteroatoms. The number of hydrogen-bond donors (Lipinski definition) is 1. The molecule has 2 fully saturated rings. The molecule has 0 bridgehead atoms. The van der Waals surface area contributed by atoms with Crippen molar-refractivity contribution < 1.29 is 4.74 Å². The zero-order chi connectivity index (χ0) is 13.9. The lowest BCUT2D eigenvalue weighted by Gasteiger charge is -2.32. The summed E-state index contributed by atoms with van der Waals surface area (Å²) in [7, 11) is 0. The van der Waals surface area contributed by atoms with Crippen molar-refractivity contribution in [2.45, 2.75) is 64.0 Å². The van der Waals surface area contributed by atoms with Crippen LogP contribution in [0.3, 0.4) is 0 Å². The van der Waals surface area contributed by atoms with E-state index < -0.39 is 0 Å². The minimum absolute atomic E-state index is 0.176. The van der Waals surface area contributed by atoms with Gasteiger partial charge in [-0.05, 0) is 55.2 Å². The van der Waals surface area contributed by atoms with E-state index in [-0.39, 0.29) is 6.04 Å². The summed E-state index contributed by atoms with van der Waals surface area (Å²) >= 11 is 0. The summed E-state index contributed by atoms with van der Waals surface area (Å²) in [6.07, 6.45) is 9.48. The molecule has 1 unspecified atom stereocenters. The second kappa shape index (κ2) is 6.17. The molecule has 1 aromatic carbocycles. The number of ether oxygens (including phenoxy) is 1. The van der Waals surface area contributed by atoms with Gasteiger partial charge in [-0.2, -0.15) is 0 Å². The first-order chi connectivity index (χ1) is 9.76. The second-order valence-corrected chi connectivity index (χ2v) is 6.60. The Labute approximate surface area is 122 Å². The van der Waals surface area contributed by atoms with E-state index in [1.54, 1.807) is 0 Å². The van der Waals surface area contributed by atoms with Crippen LogP contribution in [0.2, 0.25) is 0 Å². The molecule has 0 saturated heterocycles. The van der Waals surface area contributed by atoms with Crippen molar-refractivity contribution in [1.29, 1.82) is 0 Å². The average molecular weight is 273 g/mol. The third-order valence-corrected chi connectivity index (χ3v) is 5.05. The number of benzene rings is 1. The molecule has 0 spiro atoms. The zero-order valence-electron chi connectivity index (χ0n) is 12.6. The van der Waals surface area contributed by atoms with Crippen molar-refractivity contribution in [3.05, 3.63) is 29.8 Å². The zero-order valence-corrected chi connectivity index (χ0v) is 12.6. The van der Waals surface area contributed by atoms with Crippen molar-refractivity contribution >= 4 is 0 Å². The largest absolute Gasteiger partial charge is 0.490 e. The van der Waals surface area contributed by atoms with E-state index in [1.165, 1.54) is 50.5 Å². The van der Waals surface area contributed by atoms with Crippen LogP contribution in [0.15, 0.2) is 24.3 Å². The molecule has 2 aliphatic rings. The van der Waals surface area contributed by atoms with Crippen LogP contribution in [0.4, 0.5) is 0 Å². The highest BCUT2D eigenvalue weighted by molar-refractivity contribution is 5.31. The first-order valence-corrected chi connectivity index (χ1v) is 8.28. The first-order valence-electron chi connectivity index (χ1n) is 8.28.